The van der Waals surface area contributed by atoms with Crippen molar-refractivity contribution in [2.75, 3.05) is 32.1 Å². The number of sulfonamides is 1. The van der Waals surface area contributed by atoms with Crippen molar-refractivity contribution in [1.29, 1.82) is 0 Å². The highest BCUT2D eigenvalue weighted by Gasteiger charge is 2.30. The van der Waals surface area contributed by atoms with E-state index in [1.807, 2.05) is 25.1 Å². The molecule has 2 aromatic carbocycles. The number of nitrogens with zero attached hydrogens (tertiary/aromatic N) is 1. The number of nitrogens with one attached hydrogen (secondary N) is 1. The lowest BCUT2D eigenvalue weighted by Crippen LogP contribution is -2.47. The van der Waals surface area contributed by atoms with Crippen molar-refractivity contribution in [2.45, 2.75) is 23.2 Å². The average molecular weight is 412 g/mol. The van der Waals surface area contributed by atoms with Crippen molar-refractivity contribution in [3.63, 3.8) is 0 Å². The molecule has 0 aliphatic carbocycles. The van der Waals surface area contributed by atoms with Gasteiger partial charge in [-0.2, -0.15) is 0 Å². The molecule has 10 heteroatoms. The second kappa shape index (κ2) is 8.95. The number of aliphatic hydroxyl groups is 4. The number of fused-ring (bicyclic) bond motifs is 1. The summed E-state index contributed by atoms with van der Waals surface area (Å²) in [5.74, 6) is -1.04. The van der Waals surface area contributed by atoms with Gasteiger partial charge in [-0.15, -0.1) is 0 Å². The Morgan fingerprint density at radius 3 is 2.29 bits per heavy atom. The summed E-state index contributed by atoms with van der Waals surface area (Å²) in [5.41, 5.74) is 0.821. The Morgan fingerprint density at radius 1 is 1.07 bits per heavy atom. The summed E-state index contributed by atoms with van der Waals surface area (Å²) in [6.45, 7) is -1.65. The van der Waals surface area contributed by atoms with Crippen LogP contribution in [0.5, 0.6) is 0 Å². The maximum atomic E-state index is 12.7. The number of anilines is 1. The predicted molar refractivity (Wildman–Crippen MR) is 104 cm³/mol. The number of aliphatic hydroxyl groups excluding tert-OH is 4. The Hall–Kier alpha value is -2.08. The molecule has 9 nitrogen and oxygen atoms in total. The number of ketones is 1. The molecule has 0 spiro atoms. The van der Waals surface area contributed by atoms with Crippen molar-refractivity contribution in [3.8, 4) is 0 Å². The lowest BCUT2D eigenvalue weighted by Gasteiger charge is -2.20. The molecule has 0 aliphatic heterocycles. The molecule has 0 saturated heterocycles. The summed E-state index contributed by atoms with van der Waals surface area (Å²) in [4.78, 5) is 13.8. The number of benzene rings is 2. The third kappa shape index (κ3) is 4.66. The first-order valence-corrected chi connectivity index (χ1v) is 9.95. The highest BCUT2D eigenvalue weighted by atomic mass is 32.2. The fourth-order valence-corrected chi connectivity index (χ4v) is 3.96. The molecule has 28 heavy (non-hydrogen) atoms. The van der Waals surface area contributed by atoms with Gasteiger partial charge < -0.3 is 25.3 Å². The van der Waals surface area contributed by atoms with E-state index in [-0.39, 0.29) is 4.90 Å². The molecule has 0 bridgehead atoms. The van der Waals surface area contributed by atoms with E-state index in [2.05, 4.69) is 4.72 Å². The third-order valence-corrected chi connectivity index (χ3v) is 5.76. The van der Waals surface area contributed by atoms with Crippen molar-refractivity contribution < 1.29 is 33.6 Å². The number of carbonyl (C=O) groups is 1. The smallest absolute Gasteiger partial charge is 0.241 e. The molecule has 0 unspecified atom stereocenters. The van der Waals surface area contributed by atoms with Crippen LogP contribution >= 0.6 is 0 Å². The van der Waals surface area contributed by atoms with Crippen molar-refractivity contribution in [1.82, 2.24) is 4.72 Å². The maximum Gasteiger partial charge on any atom is 0.241 e. The number of hydrogen-bond donors (Lipinski definition) is 5. The molecule has 0 fully saturated rings. The number of Topliss-reactive ketones (excluding diaryl/α,β-unsaturated/α-hetero) is 1. The molecule has 3 atom stereocenters. The van der Waals surface area contributed by atoms with Gasteiger partial charge in [0.1, 0.15) is 18.3 Å². The van der Waals surface area contributed by atoms with Crippen LogP contribution in [0.1, 0.15) is 0 Å². The van der Waals surface area contributed by atoms with E-state index in [1.54, 1.807) is 24.3 Å². The van der Waals surface area contributed by atoms with Gasteiger partial charge in [-0.1, -0.05) is 24.3 Å². The quantitative estimate of drug-likeness (QED) is 0.346. The van der Waals surface area contributed by atoms with E-state index < -0.39 is 47.3 Å². The third-order valence-electron chi connectivity index (χ3n) is 4.30. The average Bonchev–Trinajstić information content (AvgIpc) is 2.69. The van der Waals surface area contributed by atoms with Gasteiger partial charge in [-0.05, 0) is 12.1 Å². The highest BCUT2D eigenvalue weighted by molar-refractivity contribution is 7.89. The molecule has 154 valence electrons. The Morgan fingerprint density at radius 2 is 1.68 bits per heavy atom. The van der Waals surface area contributed by atoms with Gasteiger partial charge >= 0.3 is 0 Å². The first kappa shape index (κ1) is 22.2. The topological polar surface area (TPSA) is 147 Å². The van der Waals surface area contributed by atoms with Crippen molar-refractivity contribution >= 4 is 32.3 Å². The fraction of sp³-hybridized carbons (Fsp3) is 0.389. The van der Waals surface area contributed by atoms with E-state index in [0.717, 1.165) is 5.69 Å². The van der Waals surface area contributed by atoms with Crippen molar-refractivity contribution in [2.24, 2.45) is 0 Å². The standard InChI is InChI=1S/C18H24N2O7S/c1-20(2)13-7-3-6-12-11(13)5-4-8-16(12)28(26,27)19-9-14(22)17(24)18(25)15(23)10-21/h3-8,15,17-19,21,23-25H,9-10H2,1-2H3/t15-,17-,18-/m0/s1. The summed E-state index contributed by atoms with van der Waals surface area (Å²) in [6.07, 6.45) is -5.70. The van der Waals surface area contributed by atoms with Crippen LogP contribution in [0.3, 0.4) is 0 Å². The first-order valence-electron chi connectivity index (χ1n) is 8.46. The molecule has 0 saturated carbocycles. The van der Waals surface area contributed by atoms with Gasteiger partial charge in [0.25, 0.3) is 0 Å². The minimum atomic E-state index is -4.10. The van der Waals surface area contributed by atoms with Crippen LogP contribution in [0.15, 0.2) is 41.3 Å². The zero-order chi connectivity index (χ0) is 21.1. The molecule has 2 rings (SSSR count). The van der Waals surface area contributed by atoms with Crippen LogP contribution in [0.25, 0.3) is 10.8 Å². The summed E-state index contributed by atoms with van der Waals surface area (Å²) in [6, 6.07) is 9.98. The molecule has 0 aromatic heterocycles. The molecule has 0 aliphatic rings. The molecule has 0 radical (unpaired) electrons. The molecule has 0 heterocycles. The normalized spacial score (nSPS) is 15.2. The predicted octanol–water partition coefficient (Wildman–Crippen LogP) is -1.17. The summed E-state index contributed by atoms with van der Waals surface area (Å²) in [5, 5.41) is 38.5. The number of rotatable bonds is 9. The van der Waals surface area contributed by atoms with Crippen LogP contribution in [0.4, 0.5) is 5.69 Å². The van der Waals surface area contributed by atoms with Gasteiger partial charge in [-0.25, -0.2) is 13.1 Å². The second-order valence-electron chi connectivity index (χ2n) is 6.50. The lowest BCUT2D eigenvalue weighted by atomic mass is 10.1. The van der Waals surface area contributed by atoms with Crippen LogP contribution < -0.4 is 9.62 Å². The van der Waals surface area contributed by atoms with Crippen LogP contribution in [0.2, 0.25) is 0 Å². The van der Waals surface area contributed by atoms with E-state index in [4.69, 9.17) is 5.11 Å². The fourth-order valence-electron chi connectivity index (χ4n) is 2.75. The van der Waals surface area contributed by atoms with Gasteiger partial charge in [0.15, 0.2) is 5.78 Å². The maximum absolute atomic E-state index is 12.7. The molecule has 0 amide bonds. The van der Waals surface area contributed by atoms with E-state index in [9.17, 15) is 28.5 Å². The molecular weight excluding hydrogens is 388 g/mol. The first-order chi connectivity index (χ1) is 13.1. The monoisotopic (exact) mass is 412 g/mol. The van der Waals surface area contributed by atoms with E-state index in [1.165, 1.54) is 6.07 Å². The Bertz CT molecular complexity index is 946. The molecular formula is C18H24N2O7S. The minimum absolute atomic E-state index is 0.0352. The van der Waals surface area contributed by atoms with E-state index in [0.29, 0.717) is 10.8 Å². The lowest BCUT2D eigenvalue weighted by molar-refractivity contribution is -0.139. The Kier molecular flexibility index (Phi) is 7.10. The molecule has 2 aromatic rings. The zero-order valence-corrected chi connectivity index (χ0v) is 16.3. The van der Waals surface area contributed by atoms with Gasteiger partial charge in [-0.3, -0.25) is 4.79 Å². The highest BCUT2D eigenvalue weighted by Crippen LogP contribution is 2.30. The SMILES string of the molecule is CN(C)c1cccc2c(S(=O)(=O)NCC(=O)[C@H](O)[C@@H](O)[C@@H](O)CO)cccc12. The molecule has 5 N–H and O–H groups in total. The van der Waals surface area contributed by atoms with Gasteiger partial charge in [0.2, 0.25) is 10.0 Å². The summed E-state index contributed by atoms with van der Waals surface area (Å²) >= 11 is 0. The van der Waals surface area contributed by atoms with Crippen LogP contribution in [0, 0.1) is 0 Å². The Labute approximate surface area is 162 Å². The van der Waals surface area contributed by atoms with Gasteiger partial charge in [0.05, 0.1) is 18.0 Å². The zero-order valence-electron chi connectivity index (χ0n) is 15.5. The van der Waals surface area contributed by atoms with Crippen LogP contribution in [-0.4, -0.2) is 80.2 Å². The Balaban J connectivity index is 2.26. The summed E-state index contributed by atoms with van der Waals surface area (Å²) in [7, 11) is -0.436. The number of hydrogen-bond acceptors (Lipinski definition) is 8. The summed E-state index contributed by atoms with van der Waals surface area (Å²) < 4.78 is 27.5. The van der Waals surface area contributed by atoms with Crippen molar-refractivity contribution in [3.05, 3.63) is 36.4 Å². The van der Waals surface area contributed by atoms with Crippen LogP contribution in [-0.2, 0) is 14.8 Å². The minimum Gasteiger partial charge on any atom is -0.394 e. The van der Waals surface area contributed by atoms with E-state index >= 15 is 0 Å². The number of carbonyl (C=O) groups excluding carboxylic acids is 1. The second-order valence-corrected chi connectivity index (χ2v) is 8.23. The van der Waals surface area contributed by atoms with Gasteiger partial charge in [0, 0.05) is 30.6 Å². The largest absolute Gasteiger partial charge is 0.394 e.